The second-order valence-electron chi connectivity index (χ2n) is 4.27. The van der Waals surface area contributed by atoms with E-state index in [4.69, 9.17) is 22.2 Å². The maximum absolute atomic E-state index is 6.60. The number of hydrogen-bond acceptors (Lipinski definition) is 0. The second kappa shape index (κ2) is 3.96. The van der Waals surface area contributed by atoms with Gasteiger partial charge in [0.05, 0.1) is 0 Å². The largest absolute Gasteiger partial charge is 0.260 e. The molecule has 0 spiro atoms. The van der Waals surface area contributed by atoms with Crippen LogP contribution in [0.5, 0.6) is 0 Å². The molecule has 0 amide bonds. The number of halogens is 2. The average molecular weight is 235 g/mol. The molecule has 0 aliphatic heterocycles. The van der Waals surface area contributed by atoms with Crippen molar-refractivity contribution in [3.05, 3.63) is 12.2 Å². The van der Waals surface area contributed by atoms with Gasteiger partial charge >= 0.3 is 0 Å². The van der Waals surface area contributed by atoms with Crippen LogP contribution in [0.4, 0.5) is 0 Å². The lowest BCUT2D eigenvalue weighted by molar-refractivity contribution is 0.813. The third-order valence-corrected chi connectivity index (χ3v) is 10.1. The molecule has 2 aliphatic carbocycles. The van der Waals surface area contributed by atoms with Crippen molar-refractivity contribution in [3.63, 3.8) is 0 Å². The quantitative estimate of drug-likeness (QED) is 0.373. The van der Waals surface area contributed by atoms with E-state index in [1.165, 1.54) is 38.5 Å². The summed E-state index contributed by atoms with van der Waals surface area (Å²) in [5.74, 6) is 0. The normalized spacial score (nSPS) is 30.2. The van der Waals surface area contributed by atoms with E-state index in [1.807, 2.05) is 0 Å². The molecular formula is C10H16Cl2Si. The molecule has 0 heterocycles. The van der Waals surface area contributed by atoms with Crippen LogP contribution >= 0.6 is 22.2 Å². The van der Waals surface area contributed by atoms with Crippen molar-refractivity contribution in [1.82, 2.24) is 0 Å². The Labute approximate surface area is 90.7 Å². The highest BCUT2D eigenvalue weighted by molar-refractivity contribution is 7.46. The van der Waals surface area contributed by atoms with Crippen LogP contribution in [0.1, 0.15) is 38.5 Å². The van der Waals surface area contributed by atoms with Gasteiger partial charge in [-0.1, -0.05) is 37.8 Å². The number of hydrogen-bond donors (Lipinski definition) is 0. The van der Waals surface area contributed by atoms with Gasteiger partial charge in [-0.15, -0.1) is 22.2 Å². The van der Waals surface area contributed by atoms with Crippen molar-refractivity contribution in [1.29, 1.82) is 0 Å². The predicted molar refractivity (Wildman–Crippen MR) is 61.8 cm³/mol. The Balaban J connectivity index is 2.04. The van der Waals surface area contributed by atoms with Gasteiger partial charge in [0.15, 0.2) is 0 Å². The van der Waals surface area contributed by atoms with Crippen molar-refractivity contribution in [2.75, 3.05) is 0 Å². The maximum Gasteiger partial charge on any atom is 0.260 e. The van der Waals surface area contributed by atoms with Crippen LogP contribution in [0, 0.1) is 0 Å². The molecule has 3 heteroatoms. The highest BCUT2D eigenvalue weighted by Gasteiger charge is 2.45. The number of allylic oxidation sites excluding steroid dienone is 2. The molecule has 0 aromatic heterocycles. The zero-order valence-corrected chi connectivity index (χ0v) is 10.3. The van der Waals surface area contributed by atoms with Gasteiger partial charge in [0.25, 0.3) is 6.69 Å². The van der Waals surface area contributed by atoms with Crippen LogP contribution in [0.15, 0.2) is 12.2 Å². The molecule has 1 fully saturated rings. The molecule has 1 saturated carbocycles. The Morgan fingerprint density at radius 2 is 1.77 bits per heavy atom. The molecule has 2 aliphatic rings. The third kappa shape index (κ3) is 1.98. The van der Waals surface area contributed by atoms with Gasteiger partial charge in [0.1, 0.15) is 0 Å². The van der Waals surface area contributed by atoms with Gasteiger partial charge in [-0.25, -0.2) is 0 Å². The van der Waals surface area contributed by atoms with Gasteiger partial charge in [-0.05, 0) is 23.9 Å². The second-order valence-corrected chi connectivity index (χ2v) is 11.5. The molecule has 0 radical (unpaired) electrons. The molecule has 1 unspecified atom stereocenters. The van der Waals surface area contributed by atoms with Crippen molar-refractivity contribution in [3.8, 4) is 0 Å². The van der Waals surface area contributed by atoms with E-state index in [2.05, 4.69) is 12.2 Å². The number of rotatable bonds is 2. The van der Waals surface area contributed by atoms with E-state index < -0.39 is 6.69 Å². The molecule has 0 aromatic rings. The van der Waals surface area contributed by atoms with E-state index in [0.717, 1.165) is 0 Å². The predicted octanol–water partition coefficient (Wildman–Crippen LogP) is 4.57. The highest BCUT2D eigenvalue weighted by atomic mass is 35.7. The first-order valence-corrected chi connectivity index (χ1v) is 9.43. The molecule has 0 saturated heterocycles. The van der Waals surface area contributed by atoms with Crippen LogP contribution in [-0.4, -0.2) is 6.69 Å². The monoisotopic (exact) mass is 234 g/mol. The first kappa shape index (κ1) is 10.1. The minimum atomic E-state index is -1.98. The maximum atomic E-state index is 6.60. The molecule has 0 aromatic carbocycles. The summed E-state index contributed by atoms with van der Waals surface area (Å²) in [4.78, 5) is 0. The van der Waals surface area contributed by atoms with Gasteiger partial charge in [0.2, 0.25) is 0 Å². The minimum absolute atomic E-state index is 0.541. The molecule has 1 atom stereocenters. The van der Waals surface area contributed by atoms with E-state index >= 15 is 0 Å². The topological polar surface area (TPSA) is 0 Å². The molecule has 74 valence electrons. The summed E-state index contributed by atoms with van der Waals surface area (Å²) in [7, 11) is 0. The highest BCUT2D eigenvalue weighted by Crippen LogP contribution is 2.51. The summed E-state index contributed by atoms with van der Waals surface area (Å²) in [6.45, 7) is -1.98. The zero-order chi connectivity index (χ0) is 9.31. The lowest BCUT2D eigenvalue weighted by atomic mass is 10.3. The van der Waals surface area contributed by atoms with E-state index in [1.54, 1.807) is 0 Å². The van der Waals surface area contributed by atoms with Crippen LogP contribution in [0.3, 0.4) is 0 Å². The van der Waals surface area contributed by atoms with Gasteiger partial charge < -0.3 is 0 Å². The summed E-state index contributed by atoms with van der Waals surface area (Å²) in [6.07, 6.45) is 12.1. The fraction of sp³-hybridized carbons (Fsp3) is 0.800. The molecule has 0 nitrogen and oxygen atoms in total. The Morgan fingerprint density at radius 1 is 1.08 bits per heavy atom. The fourth-order valence-corrected chi connectivity index (χ4v) is 7.69. The molecule has 13 heavy (non-hydrogen) atoms. The third-order valence-electron chi connectivity index (χ3n) is 3.41. The molecular weight excluding hydrogens is 219 g/mol. The molecule has 0 N–H and O–H groups in total. The summed E-state index contributed by atoms with van der Waals surface area (Å²) >= 11 is 13.2. The van der Waals surface area contributed by atoms with Crippen LogP contribution < -0.4 is 0 Å². The Hall–Kier alpha value is 0.537. The lowest BCUT2D eigenvalue weighted by Gasteiger charge is -2.28. The summed E-state index contributed by atoms with van der Waals surface area (Å²) in [5.41, 5.74) is 1.21. The molecule has 2 rings (SSSR count). The van der Waals surface area contributed by atoms with Crippen molar-refractivity contribution in [2.24, 2.45) is 0 Å². The van der Waals surface area contributed by atoms with E-state index in [-0.39, 0.29) is 0 Å². The minimum Gasteiger partial charge on any atom is -0.145 e. The lowest BCUT2D eigenvalue weighted by Crippen LogP contribution is -2.30. The zero-order valence-electron chi connectivity index (χ0n) is 7.81. The fourth-order valence-electron chi connectivity index (χ4n) is 2.57. The summed E-state index contributed by atoms with van der Waals surface area (Å²) in [5, 5.41) is 0. The smallest absolute Gasteiger partial charge is 0.145 e. The van der Waals surface area contributed by atoms with Crippen LogP contribution in [0.25, 0.3) is 0 Å². The van der Waals surface area contributed by atoms with Crippen LogP contribution in [-0.2, 0) is 0 Å². The van der Waals surface area contributed by atoms with Crippen LogP contribution in [0.2, 0.25) is 11.1 Å². The summed E-state index contributed by atoms with van der Waals surface area (Å²) < 4.78 is 0. The molecule has 0 bridgehead atoms. The average Bonchev–Trinajstić information content (AvgIpc) is 2.78. The van der Waals surface area contributed by atoms with Crippen molar-refractivity contribution >= 4 is 28.9 Å². The SMILES string of the molecule is Cl[Si](Cl)(C1C=CCC1)C1CCCC1. The van der Waals surface area contributed by atoms with Crippen molar-refractivity contribution in [2.45, 2.75) is 49.6 Å². The first-order valence-electron chi connectivity index (χ1n) is 5.25. The standard InChI is InChI=1S/C10H16Cl2Si/c11-13(12,9-5-1-2-6-9)10-7-3-4-8-10/h1,5,9-10H,2-4,6-8H2. The van der Waals surface area contributed by atoms with Crippen molar-refractivity contribution < 1.29 is 0 Å². The Morgan fingerprint density at radius 3 is 2.31 bits per heavy atom. The van der Waals surface area contributed by atoms with E-state index in [9.17, 15) is 0 Å². The van der Waals surface area contributed by atoms with Gasteiger partial charge in [-0.3, -0.25) is 0 Å². The summed E-state index contributed by atoms with van der Waals surface area (Å²) in [6, 6.07) is 0. The van der Waals surface area contributed by atoms with E-state index in [0.29, 0.717) is 11.1 Å². The van der Waals surface area contributed by atoms with Gasteiger partial charge in [-0.2, -0.15) is 0 Å². The first-order chi connectivity index (χ1) is 6.21. The Kier molecular flexibility index (Phi) is 3.06. The van der Waals surface area contributed by atoms with Gasteiger partial charge in [0, 0.05) is 0 Å². The Bertz CT molecular complexity index is 207.